The Balaban J connectivity index is 2.18. The van der Waals surface area contributed by atoms with Crippen LogP contribution in [0, 0.1) is 0 Å². The Kier molecular flexibility index (Phi) is 4.19. The molecule has 19 heavy (non-hydrogen) atoms. The first-order valence-corrected chi connectivity index (χ1v) is 5.99. The second kappa shape index (κ2) is 5.86. The van der Waals surface area contributed by atoms with Crippen LogP contribution in [0.1, 0.15) is 10.4 Å². The molecule has 0 unspecified atom stereocenters. The minimum atomic E-state index is -0.348. The summed E-state index contributed by atoms with van der Waals surface area (Å²) < 4.78 is 5.01. The maximum atomic E-state index is 12.0. The molecule has 0 aliphatic rings. The fourth-order valence-corrected chi connectivity index (χ4v) is 1.64. The van der Waals surface area contributed by atoms with Crippen LogP contribution < -0.4 is 10.1 Å². The van der Waals surface area contributed by atoms with Gasteiger partial charge in [-0.25, -0.2) is 9.97 Å². The first kappa shape index (κ1) is 13.6. The SMILES string of the molecule is COc1ccc(C(=O)Nc2ncnc(Cl)c2Cl)cc1. The Labute approximate surface area is 119 Å². The van der Waals surface area contributed by atoms with Gasteiger partial charge in [-0.15, -0.1) is 0 Å². The van der Waals surface area contributed by atoms with E-state index >= 15 is 0 Å². The predicted molar refractivity (Wildman–Crippen MR) is 73.0 cm³/mol. The monoisotopic (exact) mass is 297 g/mol. The van der Waals surface area contributed by atoms with E-state index in [0.717, 1.165) is 0 Å². The average Bonchev–Trinajstić information content (AvgIpc) is 2.44. The second-order valence-electron chi connectivity index (χ2n) is 3.51. The van der Waals surface area contributed by atoms with Gasteiger partial charge < -0.3 is 10.1 Å². The highest BCUT2D eigenvalue weighted by Crippen LogP contribution is 2.25. The quantitative estimate of drug-likeness (QED) is 0.885. The van der Waals surface area contributed by atoms with Crippen LogP contribution in [0.5, 0.6) is 5.75 Å². The fourth-order valence-electron chi connectivity index (χ4n) is 1.36. The van der Waals surface area contributed by atoms with E-state index in [4.69, 9.17) is 27.9 Å². The van der Waals surface area contributed by atoms with E-state index in [1.807, 2.05) is 0 Å². The molecular formula is C12H9Cl2N3O2. The third kappa shape index (κ3) is 3.13. The van der Waals surface area contributed by atoms with E-state index in [0.29, 0.717) is 11.3 Å². The summed E-state index contributed by atoms with van der Waals surface area (Å²) in [4.78, 5) is 19.5. The van der Waals surface area contributed by atoms with Crippen LogP contribution in [0.4, 0.5) is 5.82 Å². The first-order chi connectivity index (χ1) is 9.11. The number of ether oxygens (including phenoxy) is 1. The second-order valence-corrected chi connectivity index (χ2v) is 4.25. The van der Waals surface area contributed by atoms with Crippen LogP contribution in [-0.2, 0) is 0 Å². The zero-order chi connectivity index (χ0) is 13.8. The van der Waals surface area contributed by atoms with Gasteiger partial charge in [-0.05, 0) is 24.3 Å². The van der Waals surface area contributed by atoms with Crippen molar-refractivity contribution < 1.29 is 9.53 Å². The normalized spacial score (nSPS) is 10.1. The number of amides is 1. The molecule has 7 heteroatoms. The Morgan fingerprint density at radius 3 is 2.53 bits per heavy atom. The molecule has 1 aromatic carbocycles. The Bertz CT molecular complexity index is 602. The molecule has 0 saturated heterocycles. The van der Waals surface area contributed by atoms with E-state index in [2.05, 4.69) is 15.3 Å². The molecule has 0 spiro atoms. The topological polar surface area (TPSA) is 64.1 Å². The van der Waals surface area contributed by atoms with Gasteiger partial charge >= 0.3 is 0 Å². The van der Waals surface area contributed by atoms with Crippen molar-refractivity contribution in [2.24, 2.45) is 0 Å². The van der Waals surface area contributed by atoms with Gasteiger partial charge in [-0.2, -0.15) is 0 Å². The molecule has 0 aliphatic carbocycles. The summed E-state index contributed by atoms with van der Waals surface area (Å²) in [6, 6.07) is 6.63. The molecule has 0 bridgehead atoms. The number of carbonyl (C=O) groups is 1. The smallest absolute Gasteiger partial charge is 0.256 e. The number of methoxy groups -OCH3 is 1. The zero-order valence-electron chi connectivity index (χ0n) is 9.85. The Morgan fingerprint density at radius 2 is 1.89 bits per heavy atom. The number of nitrogens with zero attached hydrogens (tertiary/aromatic N) is 2. The van der Waals surface area contributed by atoms with Crippen LogP contribution in [0.25, 0.3) is 0 Å². The highest BCUT2D eigenvalue weighted by atomic mass is 35.5. The molecule has 1 heterocycles. The number of aromatic nitrogens is 2. The lowest BCUT2D eigenvalue weighted by Crippen LogP contribution is -2.13. The lowest BCUT2D eigenvalue weighted by atomic mass is 10.2. The number of anilines is 1. The largest absolute Gasteiger partial charge is 0.497 e. The number of hydrogen-bond acceptors (Lipinski definition) is 4. The van der Waals surface area contributed by atoms with Crippen LogP contribution in [-0.4, -0.2) is 23.0 Å². The Hall–Kier alpha value is -1.85. The molecule has 2 aromatic rings. The van der Waals surface area contributed by atoms with Gasteiger partial charge in [0.25, 0.3) is 5.91 Å². The van der Waals surface area contributed by atoms with Crippen LogP contribution in [0.2, 0.25) is 10.2 Å². The summed E-state index contributed by atoms with van der Waals surface area (Å²) in [5.74, 6) is 0.487. The van der Waals surface area contributed by atoms with E-state index in [1.165, 1.54) is 6.33 Å². The molecule has 0 radical (unpaired) electrons. The average molecular weight is 298 g/mol. The van der Waals surface area contributed by atoms with Gasteiger partial charge in [-0.3, -0.25) is 4.79 Å². The third-order valence-electron chi connectivity index (χ3n) is 2.33. The summed E-state index contributed by atoms with van der Waals surface area (Å²) in [6.07, 6.45) is 1.22. The third-order valence-corrected chi connectivity index (χ3v) is 3.07. The van der Waals surface area contributed by atoms with Crippen molar-refractivity contribution in [2.75, 3.05) is 12.4 Å². The number of benzene rings is 1. The highest BCUT2D eigenvalue weighted by molar-refractivity contribution is 6.43. The number of hydrogen-bond donors (Lipinski definition) is 1. The van der Waals surface area contributed by atoms with E-state index < -0.39 is 0 Å². The van der Waals surface area contributed by atoms with Gasteiger partial charge in [0.1, 0.15) is 17.1 Å². The number of nitrogens with one attached hydrogen (secondary N) is 1. The molecule has 0 saturated carbocycles. The fraction of sp³-hybridized carbons (Fsp3) is 0.0833. The summed E-state index contributed by atoms with van der Waals surface area (Å²) in [5, 5.41) is 2.75. The standard InChI is InChI=1S/C12H9Cl2N3O2/c1-19-8-4-2-7(3-5-8)12(18)17-11-9(13)10(14)15-6-16-11/h2-6H,1H3,(H,15,16,17,18). The first-order valence-electron chi connectivity index (χ1n) is 5.23. The van der Waals surface area contributed by atoms with E-state index in [-0.39, 0.29) is 21.9 Å². The molecule has 0 fully saturated rings. The lowest BCUT2D eigenvalue weighted by Gasteiger charge is -2.07. The molecule has 0 aliphatic heterocycles. The van der Waals surface area contributed by atoms with Crippen molar-refractivity contribution in [3.63, 3.8) is 0 Å². The molecule has 2 rings (SSSR count). The maximum Gasteiger partial charge on any atom is 0.256 e. The predicted octanol–water partition coefficient (Wildman–Crippen LogP) is 3.04. The zero-order valence-corrected chi connectivity index (χ0v) is 11.4. The molecular weight excluding hydrogens is 289 g/mol. The summed E-state index contributed by atoms with van der Waals surface area (Å²) in [6.45, 7) is 0. The van der Waals surface area contributed by atoms with Gasteiger partial charge in [0.15, 0.2) is 11.0 Å². The van der Waals surface area contributed by atoms with Crippen molar-refractivity contribution in [3.8, 4) is 5.75 Å². The van der Waals surface area contributed by atoms with Gasteiger partial charge in [0.2, 0.25) is 0 Å². The van der Waals surface area contributed by atoms with Crippen LogP contribution >= 0.6 is 23.2 Å². The lowest BCUT2D eigenvalue weighted by molar-refractivity contribution is 0.102. The molecule has 5 nitrogen and oxygen atoms in total. The van der Waals surface area contributed by atoms with Crippen LogP contribution in [0.15, 0.2) is 30.6 Å². The molecule has 98 valence electrons. The van der Waals surface area contributed by atoms with E-state index in [9.17, 15) is 4.79 Å². The van der Waals surface area contributed by atoms with Crippen molar-refractivity contribution in [3.05, 3.63) is 46.3 Å². The summed E-state index contributed by atoms with van der Waals surface area (Å²) in [5.41, 5.74) is 0.451. The minimum Gasteiger partial charge on any atom is -0.497 e. The van der Waals surface area contributed by atoms with Crippen molar-refractivity contribution in [1.29, 1.82) is 0 Å². The maximum absolute atomic E-state index is 12.0. The summed E-state index contributed by atoms with van der Waals surface area (Å²) >= 11 is 11.6. The van der Waals surface area contributed by atoms with Crippen molar-refractivity contribution in [2.45, 2.75) is 0 Å². The molecule has 1 N–H and O–H groups in total. The molecule has 0 atom stereocenters. The number of rotatable bonds is 3. The highest BCUT2D eigenvalue weighted by Gasteiger charge is 2.12. The number of halogens is 2. The Morgan fingerprint density at radius 1 is 1.21 bits per heavy atom. The minimum absolute atomic E-state index is 0.0849. The van der Waals surface area contributed by atoms with Gasteiger partial charge in [0.05, 0.1) is 7.11 Å². The van der Waals surface area contributed by atoms with Gasteiger partial charge in [0, 0.05) is 5.56 Å². The number of carbonyl (C=O) groups excluding carboxylic acids is 1. The van der Waals surface area contributed by atoms with Crippen molar-refractivity contribution in [1.82, 2.24) is 9.97 Å². The van der Waals surface area contributed by atoms with Crippen molar-refractivity contribution >= 4 is 34.9 Å². The summed E-state index contributed by atoms with van der Waals surface area (Å²) in [7, 11) is 1.55. The molecule has 1 amide bonds. The molecule has 1 aromatic heterocycles. The van der Waals surface area contributed by atoms with Gasteiger partial charge in [-0.1, -0.05) is 23.2 Å². The van der Waals surface area contributed by atoms with E-state index in [1.54, 1.807) is 31.4 Å². The van der Waals surface area contributed by atoms with Crippen LogP contribution in [0.3, 0.4) is 0 Å².